The third-order valence-electron chi connectivity index (χ3n) is 2.40. The van der Waals surface area contributed by atoms with Gasteiger partial charge < -0.3 is 11.1 Å². The molecule has 0 bridgehead atoms. The number of hydrogen-bond donors (Lipinski definition) is 2. The van der Waals surface area contributed by atoms with Crippen molar-refractivity contribution in [1.29, 1.82) is 0 Å². The molecule has 1 unspecified atom stereocenters. The van der Waals surface area contributed by atoms with Gasteiger partial charge in [0.25, 0.3) is 5.91 Å². The summed E-state index contributed by atoms with van der Waals surface area (Å²) in [4.78, 5) is 12.5. The number of nitrogens with one attached hydrogen (secondary N) is 1. The van der Waals surface area contributed by atoms with Crippen LogP contribution in [0.3, 0.4) is 0 Å². The summed E-state index contributed by atoms with van der Waals surface area (Å²) in [6.45, 7) is 2.03. The van der Waals surface area contributed by atoms with Crippen LogP contribution in [0.25, 0.3) is 0 Å². The molecular formula is C12H14BrIN2OS. The number of carbonyl (C=O) groups excluding carboxylic acids is 1. The van der Waals surface area contributed by atoms with Gasteiger partial charge in [-0.15, -0.1) is 0 Å². The number of nitrogens with two attached hydrogens (primary N) is 1. The van der Waals surface area contributed by atoms with Gasteiger partial charge in [0.15, 0.2) is 0 Å². The number of amides is 1. The summed E-state index contributed by atoms with van der Waals surface area (Å²) >= 11 is 10.5. The van der Waals surface area contributed by atoms with Crippen molar-refractivity contribution in [3.8, 4) is 0 Å². The number of hydrogen-bond acceptors (Lipinski definition) is 2. The highest BCUT2D eigenvalue weighted by Crippen LogP contribution is 2.18. The van der Waals surface area contributed by atoms with Gasteiger partial charge in [-0.3, -0.25) is 4.79 Å². The van der Waals surface area contributed by atoms with Crippen molar-refractivity contribution >= 4 is 61.6 Å². The Hall–Kier alpha value is -0.210. The van der Waals surface area contributed by atoms with Crippen LogP contribution in [0.1, 0.15) is 30.1 Å². The lowest BCUT2D eigenvalue weighted by Gasteiger charge is -2.17. The van der Waals surface area contributed by atoms with Crippen LogP contribution < -0.4 is 11.1 Å². The van der Waals surface area contributed by atoms with Crippen molar-refractivity contribution < 1.29 is 4.79 Å². The van der Waals surface area contributed by atoms with Gasteiger partial charge in [-0.25, -0.2) is 0 Å². The Morgan fingerprint density at radius 1 is 1.61 bits per heavy atom. The molecule has 0 saturated heterocycles. The molecule has 18 heavy (non-hydrogen) atoms. The molecule has 0 fully saturated rings. The van der Waals surface area contributed by atoms with E-state index in [-0.39, 0.29) is 11.9 Å². The van der Waals surface area contributed by atoms with E-state index in [0.29, 0.717) is 10.6 Å². The fourth-order valence-electron chi connectivity index (χ4n) is 1.48. The molecule has 98 valence electrons. The van der Waals surface area contributed by atoms with Gasteiger partial charge in [-0.2, -0.15) is 0 Å². The maximum absolute atomic E-state index is 12.2. The standard InChI is InChI=1S/C12H14BrIN2OS/c1-2-3-10(11(15)18)16-12(17)8-6-7(13)4-5-9(8)14/h4-6,10H,2-3H2,1H3,(H2,15,18)(H,16,17). The first-order valence-corrected chi connectivity index (χ1v) is 7.79. The van der Waals surface area contributed by atoms with Crippen molar-refractivity contribution in [3.05, 3.63) is 31.8 Å². The molecule has 1 amide bonds. The molecule has 0 aromatic heterocycles. The normalized spacial score (nSPS) is 11.9. The molecule has 3 N–H and O–H groups in total. The van der Waals surface area contributed by atoms with Crippen molar-refractivity contribution in [1.82, 2.24) is 5.32 Å². The summed E-state index contributed by atoms with van der Waals surface area (Å²) in [5, 5.41) is 2.87. The Morgan fingerprint density at radius 2 is 2.28 bits per heavy atom. The summed E-state index contributed by atoms with van der Waals surface area (Å²) < 4.78 is 1.77. The Morgan fingerprint density at radius 3 is 2.83 bits per heavy atom. The smallest absolute Gasteiger partial charge is 0.252 e. The second kappa shape index (κ2) is 7.40. The minimum absolute atomic E-state index is 0.146. The molecule has 0 aliphatic rings. The van der Waals surface area contributed by atoms with Gasteiger partial charge in [-0.1, -0.05) is 41.5 Å². The van der Waals surface area contributed by atoms with Crippen LogP contribution in [0, 0.1) is 3.57 Å². The van der Waals surface area contributed by atoms with Gasteiger partial charge >= 0.3 is 0 Å². The maximum atomic E-state index is 12.2. The molecule has 1 aromatic rings. The second-order valence-corrected chi connectivity index (χ2v) is 6.39. The van der Waals surface area contributed by atoms with E-state index in [9.17, 15) is 4.79 Å². The van der Waals surface area contributed by atoms with E-state index in [4.69, 9.17) is 18.0 Å². The summed E-state index contributed by atoms with van der Waals surface area (Å²) in [6.07, 6.45) is 1.67. The topological polar surface area (TPSA) is 55.1 Å². The van der Waals surface area contributed by atoms with Gasteiger partial charge in [0.05, 0.1) is 16.6 Å². The van der Waals surface area contributed by atoms with Crippen molar-refractivity contribution in [2.75, 3.05) is 0 Å². The van der Waals surface area contributed by atoms with E-state index in [2.05, 4.69) is 43.8 Å². The molecule has 0 spiro atoms. The molecular weight excluding hydrogens is 427 g/mol. The lowest BCUT2D eigenvalue weighted by Crippen LogP contribution is -2.43. The van der Waals surface area contributed by atoms with Crippen LogP contribution in [0.2, 0.25) is 0 Å². The van der Waals surface area contributed by atoms with Gasteiger partial charge in [0, 0.05) is 8.04 Å². The number of rotatable bonds is 5. The monoisotopic (exact) mass is 440 g/mol. The lowest BCUT2D eigenvalue weighted by molar-refractivity contribution is 0.0944. The van der Waals surface area contributed by atoms with Crippen LogP contribution in [0.15, 0.2) is 22.7 Å². The molecule has 0 radical (unpaired) electrons. The highest BCUT2D eigenvalue weighted by atomic mass is 127. The molecule has 1 atom stereocenters. The largest absolute Gasteiger partial charge is 0.392 e. The molecule has 0 saturated carbocycles. The van der Waals surface area contributed by atoms with Crippen molar-refractivity contribution in [2.24, 2.45) is 5.73 Å². The van der Waals surface area contributed by atoms with Crippen LogP contribution >= 0.6 is 50.7 Å². The molecule has 3 nitrogen and oxygen atoms in total. The zero-order valence-corrected chi connectivity index (χ0v) is 14.4. The zero-order chi connectivity index (χ0) is 13.7. The Labute approximate surface area is 134 Å². The Balaban J connectivity index is 2.86. The maximum Gasteiger partial charge on any atom is 0.252 e. The first-order chi connectivity index (χ1) is 8.45. The number of benzene rings is 1. The lowest BCUT2D eigenvalue weighted by atomic mass is 10.1. The van der Waals surface area contributed by atoms with Crippen LogP contribution in [-0.2, 0) is 0 Å². The van der Waals surface area contributed by atoms with Crippen molar-refractivity contribution in [3.63, 3.8) is 0 Å². The van der Waals surface area contributed by atoms with E-state index in [0.717, 1.165) is 20.9 Å². The van der Waals surface area contributed by atoms with Crippen LogP contribution in [-0.4, -0.2) is 16.9 Å². The average Bonchev–Trinajstić information content (AvgIpc) is 2.31. The number of thiocarbonyl (C=S) groups is 1. The third-order valence-corrected chi connectivity index (χ3v) is 4.12. The van der Waals surface area contributed by atoms with E-state index in [1.54, 1.807) is 6.07 Å². The average molecular weight is 441 g/mol. The molecule has 0 aliphatic heterocycles. The molecule has 6 heteroatoms. The zero-order valence-electron chi connectivity index (χ0n) is 9.87. The van der Waals surface area contributed by atoms with Crippen LogP contribution in [0.4, 0.5) is 0 Å². The van der Waals surface area contributed by atoms with E-state index >= 15 is 0 Å². The number of halogens is 2. The Bertz CT molecular complexity index is 467. The summed E-state index contributed by atoms with van der Waals surface area (Å²) in [6, 6.07) is 5.33. The second-order valence-electron chi connectivity index (χ2n) is 3.84. The first-order valence-electron chi connectivity index (χ1n) is 5.51. The highest BCUT2D eigenvalue weighted by molar-refractivity contribution is 14.1. The quantitative estimate of drug-likeness (QED) is 0.545. The third kappa shape index (κ3) is 4.47. The SMILES string of the molecule is CCCC(NC(=O)c1cc(Br)ccc1I)C(N)=S. The van der Waals surface area contributed by atoms with Gasteiger partial charge in [0.1, 0.15) is 0 Å². The predicted molar refractivity (Wildman–Crippen MR) is 89.8 cm³/mol. The predicted octanol–water partition coefficient (Wildman–Crippen LogP) is 3.24. The van der Waals surface area contributed by atoms with Crippen LogP contribution in [0.5, 0.6) is 0 Å². The van der Waals surface area contributed by atoms with E-state index < -0.39 is 0 Å². The Kier molecular flexibility index (Phi) is 6.51. The summed E-state index contributed by atoms with van der Waals surface area (Å²) in [7, 11) is 0. The van der Waals surface area contributed by atoms with E-state index in [1.165, 1.54) is 0 Å². The van der Waals surface area contributed by atoms with E-state index in [1.807, 2.05) is 19.1 Å². The van der Waals surface area contributed by atoms with Gasteiger partial charge in [-0.05, 0) is 47.2 Å². The fourth-order valence-corrected chi connectivity index (χ4v) is 2.60. The number of carbonyl (C=O) groups is 1. The molecule has 0 heterocycles. The highest BCUT2D eigenvalue weighted by Gasteiger charge is 2.17. The summed E-state index contributed by atoms with van der Waals surface area (Å²) in [5.41, 5.74) is 6.25. The fraction of sp³-hybridized carbons (Fsp3) is 0.333. The van der Waals surface area contributed by atoms with Gasteiger partial charge in [0.2, 0.25) is 0 Å². The summed E-state index contributed by atoms with van der Waals surface area (Å²) in [5.74, 6) is -0.146. The molecule has 1 rings (SSSR count). The minimum atomic E-state index is -0.243. The first kappa shape index (κ1) is 15.8. The molecule has 1 aromatic carbocycles. The molecule has 0 aliphatic carbocycles. The minimum Gasteiger partial charge on any atom is -0.392 e. The van der Waals surface area contributed by atoms with Crippen molar-refractivity contribution in [2.45, 2.75) is 25.8 Å².